The van der Waals surface area contributed by atoms with Gasteiger partial charge in [-0.2, -0.15) is 0 Å². The van der Waals surface area contributed by atoms with Crippen molar-refractivity contribution >= 4 is 62.8 Å². The van der Waals surface area contributed by atoms with Gasteiger partial charge >= 0.3 is 262 Å². The van der Waals surface area contributed by atoms with E-state index in [0.29, 0.717) is 23.7 Å². The van der Waals surface area contributed by atoms with Gasteiger partial charge in [0.1, 0.15) is 0 Å². The second kappa shape index (κ2) is 12.0. The van der Waals surface area contributed by atoms with Gasteiger partial charge in [-0.15, -0.1) is 0 Å². The van der Waals surface area contributed by atoms with Gasteiger partial charge in [-0.05, 0) is 0 Å². The maximum atomic E-state index is 2.56. The van der Waals surface area contributed by atoms with Gasteiger partial charge in [-0.25, -0.2) is 0 Å². The topological polar surface area (TPSA) is 0 Å². The van der Waals surface area contributed by atoms with Crippen molar-refractivity contribution in [1.82, 2.24) is 0 Å². The Hall–Kier alpha value is -1.55. The average Bonchev–Trinajstić information content (AvgIpc) is 3.32. The van der Waals surface area contributed by atoms with Crippen LogP contribution in [0.5, 0.6) is 0 Å². The van der Waals surface area contributed by atoms with Crippen LogP contribution in [0, 0.1) is 13.8 Å². The molecule has 0 atom stereocenters. The van der Waals surface area contributed by atoms with Crippen LogP contribution in [0.3, 0.4) is 0 Å². The van der Waals surface area contributed by atoms with Gasteiger partial charge in [0.25, 0.3) is 0 Å². The SMILES string of the molecule is Cc1c([Se]c2ccc3c4c(ccc([Te]c5cc(C(C)C)cc(C(C)C)c5C)c24)CC3)cc(C(C)C)cc1C(C)C. The molecule has 1 aliphatic rings. The van der Waals surface area contributed by atoms with Crippen LogP contribution in [0.1, 0.15) is 124 Å². The Bertz CT molecular complexity index is 1460. The van der Waals surface area contributed by atoms with Crippen molar-refractivity contribution in [3.05, 3.63) is 93.0 Å². The van der Waals surface area contributed by atoms with Gasteiger partial charge in [0.05, 0.1) is 0 Å². The molecule has 1 aliphatic carbocycles. The molecule has 0 saturated heterocycles. The molecule has 0 radical (unpaired) electrons. The Kier molecular flexibility index (Phi) is 8.96. The summed E-state index contributed by atoms with van der Waals surface area (Å²) in [7, 11) is 0. The molecule has 0 fully saturated rings. The van der Waals surface area contributed by atoms with E-state index in [2.05, 4.69) is 118 Å². The molecule has 0 spiro atoms. The van der Waals surface area contributed by atoms with Crippen LogP contribution in [-0.2, 0) is 12.8 Å². The van der Waals surface area contributed by atoms with Crippen LogP contribution in [-0.4, -0.2) is 35.9 Å². The van der Waals surface area contributed by atoms with Gasteiger partial charge in [0, 0.05) is 0 Å². The Balaban J connectivity index is 1.69. The summed E-state index contributed by atoms with van der Waals surface area (Å²) in [4.78, 5) is 0. The van der Waals surface area contributed by atoms with Crippen molar-refractivity contribution in [3.63, 3.8) is 0 Å². The molecule has 0 amide bonds. The molecule has 0 nitrogen and oxygen atoms in total. The standard InChI is InChI=1S/C38H46SeTe/c1-21(2)29-17-31(23(5)6)25(9)34(19-29)39-33-15-13-27-11-12-28-14-16-35(38(33)37(27)28)40-36-20-30(22(3)4)18-32(24(7)8)26(36)10/h13-24H,11-12H2,1-10H3. The first kappa shape index (κ1) is 29.9. The van der Waals surface area contributed by atoms with E-state index in [1.54, 1.807) is 49.2 Å². The Morgan fingerprint density at radius 2 is 1.10 bits per heavy atom. The Morgan fingerprint density at radius 1 is 0.550 bits per heavy atom. The van der Waals surface area contributed by atoms with Crippen LogP contribution in [0.25, 0.3) is 10.8 Å². The van der Waals surface area contributed by atoms with Gasteiger partial charge in [0.15, 0.2) is 0 Å². The molecular weight excluding hydrogens is 663 g/mol. The fourth-order valence-corrected chi connectivity index (χ4v) is 12.4. The minimum atomic E-state index is -0.541. The van der Waals surface area contributed by atoms with Gasteiger partial charge < -0.3 is 0 Å². The summed E-state index contributed by atoms with van der Waals surface area (Å²) in [6.45, 7) is 23.5. The fourth-order valence-electron chi connectivity index (χ4n) is 6.21. The van der Waals surface area contributed by atoms with Crippen molar-refractivity contribution in [1.29, 1.82) is 0 Å². The summed E-state index contributed by atoms with van der Waals surface area (Å²) in [6, 6.07) is 20.0. The molecule has 4 aromatic rings. The summed E-state index contributed by atoms with van der Waals surface area (Å²) in [6.07, 6.45) is 2.39. The predicted octanol–water partition coefficient (Wildman–Crippen LogP) is 7.36. The fraction of sp³-hybridized carbons (Fsp3) is 0.421. The summed E-state index contributed by atoms with van der Waals surface area (Å²) in [5.41, 5.74) is 12.3. The first-order valence-corrected chi connectivity index (χ1v) is 19.2. The molecular formula is C38H46SeTe. The van der Waals surface area contributed by atoms with E-state index in [-0.39, 0.29) is 15.0 Å². The van der Waals surface area contributed by atoms with E-state index in [9.17, 15) is 0 Å². The van der Waals surface area contributed by atoms with Crippen molar-refractivity contribution in [2.75, 3.05) is 0 Å². The van der Waals surface area contributed by atoms with Crippen LogP contribution in [0.2, 0.25) is 0 Å². The number of benzene rings is 4. The third kappa shape index (κ3) is 5.72. The Labute approximate surface area is 260 Å². The quantitative estimate of drug-likeness (QED) is 0.168. The van der Waals surface area contributed by atoms with Crippen LogP contribution >= 0.6 is 0 Å². The van der Waals surface area contributed by atoms with Gasteiger partial charge in [-0.1, -0.05) is 0 Å². The monoisotopic (exact) mass is 712 g/mol. The predicted molar refractivity (Wildman–Crippen MR) is 180 cm³/mol. The molecule has 210 valence electrons. The second-order valence-electron chi connectivity index (χ2n) is 13.0. The van der Waals surface area contributed by atoms with Crippen molar-refractivity contribution in [2.24, 2.45) is 0 Å². The number of hydrogen-bond acceptors (Lipinski definition) is 0. The zero-order valence-electron chi connectivity index (χ0n) is 26.2. The molecule has 4 aromatic carbocycles. The van der Waals surface area contributed by atoms with Crippen molar-refractivity contribution in [3.8, 4) is 0 Å². The second-order valence-corrected chi connectivity index (χ2v) is 18.4. The summed E-state index contributed by atoms with van der Waals surface area (Å²) < 4.78 is 6.45. The van der Waals surface area contributed by atoms with Crippen LogP contribution in [0.15, 0.2) is 48.5 Å². The molecule has 0 aromatic heterocycles. The molecule has 40 heavy (non-hydrogen) atoms. The summed E-state index contributed by atoms with van der Waals surface area (Å²) in [5.74, 6) is 2.22. The molecule has 0 bridgehead atoms. The first-order chi connectivity index (χ1) is 19.0. The third-order valence-electron chi connectivity index (χ3n) is 8.78. The molecule has 5 rings (SSSR count). The maximum absolute atomic E-state index is 2.56. The number of hydrogen-bond donors (Lipinski definition) is 0. The van der Waals surface area contributed by atoms with Crippen molar-refractivity contribution < 1.29 is 0 Å². The van der Waals surface area contributed by atoms with E-state index in [0.717, 1.165) is 0 Å². The van der Waals surface area contributed by atoms with Crippen LogP contribution < -0.4 is 16.1 Å². The summed E-state index contributed by atoms with van der Waals surface area (Å²) >= 11 is -0.266. The first-order valence-electron chi connectivity index (χ1n) is 15.2. The van der Waals surface area contributed by atoms with E-state index in [1.807, 2.05) is 0 Å². The third-order valence-corrected chi connectivity index (χ3v) is 14.7. The van der Waals surface area contributed by atoms with Gasteiger partial charge in [-0.3, -0.25) is 0 Å². The van der Waals surface area contributed by atoms with E-state index >= 15 is 0 Å². The normalized spacial score (nSPS) is 13.2. The summed E-state index contributed by atoms with van der Waals surface area (Å²) in [5, 5.41) is 3.22. The molecule has 0 heterocycles. The zero-order valence-corrected chi connectivity index (χ0v) is 30.2. The molecule has 0 saturated carbocycles. The van der Waals surface area contributed by atoms with E-state index in [1.165, 1.54) is 35.1 Å². The van der Waals surface area contributed by atoms with E-state index in [4.69, 9.17) is 0 Å². The van der Waals surface area contributed by atoms with Crippen LogP contribution in [0.4, 0.5) is 0 Å². The molecule has 0 aliphatic heterocycles. The van der Waals surface area contributed by atoms with Gasteiger partial charge in [0.2, 0.25) is 0 Å². The number of rotatable bonds is 8. The minimum absolute atomic E-state index is 0.276. The molecule has 0 unspecified atom stereocenters. The number of aryl methyl sites for hydroxylation is 2. The Morgan fingerprint density at radius 3 is 1.68 bits per heavy atom. The van der Waals surface area contributed by atoms with Crippen molar-refractivity contribution in [2.45, 2.75) is 106 Å². The average molecular weight is 709 g/mol. The van der Waals surface area contributed by atoms with E-state index < -0.39 is 20.9 Å². The molecule has 2 heteroatoms. The molecule has 0 N–H and O–H groups in total. The zero-order chi connectivity index (χ0) is 28.9.